The van der Waals surface area contributed by atoms with Gasteiger partial charge in [0.1, 0.15) is 0 Å². The van der Waals surface area contributed by atoms with Crippen LogP contribution < -0.4 is 4.90 Å². The van der Waals surface area contributed by atoms with E-state index in [0.29, 0.717) is 11.3 Å². The summed E-state index contributed by atoms with van der Waals surface area (Å²) in [5.41, 5.74) is 1.95. The Kier molecular flexibility index (Phi) is 3.12. The van der Waals surface area contributed by atoms with E-state index in [0.717, 1.165) is 10.5 Å². The molecule has 0 unspecified atom stereocenters. The van der Waals surface area contributed by atoms with Gasteiger partial charge >= 0.3 is 6.18 Å². The molecule has 1 aromatic carbocycles. The van der Waals surface area contributed by atoms with Crippen molar-refractivity contribution in [3.63, 3.8) is 0 Å². The lowest BCUT2D eigenvalue weighted by Crippen LogP contribution is -2.33. The van der Waals surface area contributed by atoms with Crippen LogP contribution in [-0.4, -0.2) is 24.4 Å². The van der Waals surface area contributed by atoms with E-state index in [1.807, 2.05) is 0 Å². The van der Waals surface area contributed by atoms with Gasteiger partial charge in [0.25, 0.3) is 11.7 Å². The molecule has 0 N–H and O–H groups in total. The van der Waals surface area contributed by atoms with E-state index >= 15 is 0 Å². The van der Waals surface area contributed by atoms with Gasteiger partial charge in [-0.3, -0.25) is 9.59 Å². The lowest BCUT2D eigenvalue weighted by molar-refractivity contribution is -0.133. The molecule has 2 rings (SSSR count). The molecule has 3 nitrogen and oxygen atoms in total. The van der Waals surface area contributed by atoms with Crippen molar-refractivity contribution in [2.75, 3.05) is 11.4 Å². The van der Waals surface area contributed by atoms with Crippen molar-refractivity contribution >= 4 is 17.4 Å². The van der Waals surface area contributed by atoms with Crippen LogP contribution in [0.3, 0.4) is 0 Å². The number of benzene rings is 1. The largest absolute Gasteiger partial charge is 0.390 e. The second-order valence-electron chi connectivity index (χ2n) is 4.63. The maximum Gasteiger partial charge on any atom is 0.390 e. The summed E-state index contributed by atoms with van der Waals surface area (Å²) >= 11 is 0. The number of hydrogen-bond acceptors (Lipinski definition) is 2. The lowest BCUT2D eigenvalue weighted by Gasteiger charge is -2.19. The Balaban J connectivity index is 2.39. The van der Waals surface area contributed by atoms with Gasteiger partial charge in [0, 0.05) is 6.54 Å². The van der Waals surface area contributed by atoms with Crippen molar-refractivity contribution in [1.29, 1.82) is 0 Å². The molecule has 0 saturated heterocycles. The first kappa shape index (κ1) is 13.6. The van der Waals surface area contributed by atoms with Gasteiger partial charge in [0.05, 0.1) is 17.7 Å². The van der Waals surface area contributed by atoms with Gasteiger partial charge in [0.15, 0.2) is 0 Å². The first-order valence-corrected chi connectivity index (χ1v) is 5.75. The summed E-state index contributed by atoms with van der Waals surface area (Å²) in [7, 11) is 0. The SMILES string of the molecule is Cc1cc(C)c2c(c1)C(=O)C(=O)N2CCC(F)(F)F. The summed E-state index contributed by atoms with van der Waals surface area (Å²) in [6.45, 7) is 2.92. The highest BCUT2D eigenvalue weighted by Crippen LogP contribution is 2.34. The number of anilines is 1. The fourth-order valence-electron chi connectivity index (χ4n) is 2.28. The Morgan fingerprint density at radius 2 is 1.79 bits per heavy atom. The number of hydrogen-bond donors (Lipinski definition) is 0. The Labute approximate surface area is 108 Å². The van der Waals surface area contributed by atoms with Gasteiger partial charge in [-0.15, -0.1) is 0 Å². The number of ketones is 1. The molecular formula is C13H12F3NO2. The van der Waals surface area contributed by atoms with Crippen molar-refractivity contribution in [1.82, 2.24) is 0 Å². The van der Waals surface area contributed by atoms with E-state index in [-0.39, 0.29) is 5.56 Å². The molecular weight excluding hydrogens is 259 g/mol. The number of aryl methyl sites for hydroxylation is 2. The minimum absolute atomic E-state index is 0.199. The number of amides is 1. The number of halogens is 3. The zero-order valence-corrected chi connectivity index (χ0v) is 10.5. The van der Waals surface area contributed by atoms with Crippen molar-refractivity contribution in [3.8, 4) is 0 Å². The predicted molar refractivity (Wildman–Crippen MR) is 63.3 cm³/mol. The minimum atomic E-state index is -4.36. The fraction of sp³-hybridized carbons (Fsp3) is 0.385. The number of carbonyl (C=O) groups excluding carboxylic acids is 2. The third-order valence-electron chi connectivity index (χ3n) is 3.02. The van der Waals surface area contributed by atoms with Crippen LogP contribution >= 0.6 is 0 Å². The third kappa shape index (κ3) is 2.47. The van der Waals surface area contributed by atoms with Crippen LogP contribution in [0.15, 0.2) is 12.1 Å². The number of rotatable bonds is 2. The van der Waals surface area contributed by atoms with Gasteiger partial charge in [0.2, 0.25) is 0 Å². The van der Waals surface area contributed by atoms with E-state index in [2.05, 4.69) is 0 Å². The van der Waals surface area contributed by atoms with Gasteiger partial charge < -0.3 is 4.90 Å². The monoisotopic (exact) mass is 271 g/mol. The van der Waals surface area contributed by atoms with Crippen molar-refractivity contribution < 1.29 is 22.8 Å². The predicted octanol–water partition coefficient (Wildman–Crippen LogP) is 2.79. The molecule has 1 amide bonds. The Morgan fingerprint density at radius 1 is 1.16 bits per heavy atom. The van der Waals surface area contributed by atoms with Crippen LogP contribution in [0.5, 0.6) is 0 Å². The Hall–Kier alpha value is -1.85. The zero-order valence-electron chi connectivity index (χ0n) is 10.5. The third-order valence-corrected chi connectivity index (χ3v) is 3.02. The number of nitrogens with zero attached hydrogens (tertiary/aromatic N) is 1. The van der Waals surface area contributed by atoms with Gasteiger partial charge in [-0.2, -0.15) is 13.2 Å². The van der Waals surface area contributed by atoms with E-state index in [9.17, 15) is 22.8 Å². The molecule has 6 heteroatoms. The number of alkyl halides is 3. The molecule has 0 saturated carbocycles. The highest BCUT2D eigenvalue weighted by molar-refractivity contribution is 6.52. The Bertz CT molecular complexity index is 564. The van der Waals surface area contributed by atoms with Crippen molar-refractivity contribution in [2.45, 2.75) is 26.4 Å². The summed E-state index contributed by atoms with van der Waals surface area (Å²) in [4.78, 5) is 24.4. The number of Topliss-reactive ketones (excluding diaryl/α,β-unsaturated/α-hetero) is 1. The van der Waals surface area contributed by atoms with Crippen LogP contribution in [0, 0.1) is 13.8 Å². The van der Waals surface area contributed by atoms with E-state index < -0.39 is 30.8 Å². The summed E-state index contributed by atoms with van der Waals surface area (Å²) in [5, 5.41) is 0. The maximum absolute atomic E-state index is 12.3. The van der Waals surface area contributed by atoms with Gasteiger partial charge in [-0.05, 0) is 31.0 Å². The molecule has 102 valence electrons. The molecule has 1 aliphatic rings. The number of carbonyl (C=O) groups is 2. The lowest BCUT2D eigenvalue weighted by atomic mass is 10.0. The molecule has 0 spiro atoms. The van der Waals surface area contributed by atoms with Crippen LogP contribution in [-0.2, 0) is 4.79 Å². The van der Waals surface area contributed by atoms with Crippen LogP contribution in [0.25, 0.3) is 0 Å². The molecule has 0 radical (unpaired) electrons. The Morgan fingerprint density at radius 3 is 2.37 bits per heavy atom. The molecule has 19 heavy (non-hydrogen) atoms. The van der Waals surface area contributed by atoms with Crippen LogP contribution in [0.1, 0.15) is 27.9 Å². The van der Waals surface area contributed by atoms with Crippen molar-refractivity contribution in [3.05, 3.63) is 28.8 Å². The molecule has 0 atom stereocenters. The van der Waals surface area contributed by atoms with E-state index in [4.69, 9.17) is 0 Å². The molecule has 0 fully saturated rings. The molecule has 1 aromatic rings. The maximum atomic E-state index is 12.3. The highest BCUT2D eigenvalue weighted by atomic mass is 19.4. The summed E-state index contributed by atoms with van der Waals surface area (Å²) in [6, 6.07) is 3.28. The average molecular weight is 271 g/mol. The number of fused-ring (bicyclic) bond motifs is 1. The van der Waals surface area contributed by atoms with Crippen LogP contribution in [0.2, 0.25) is 0 Å². The molecule has 0 bridgehead atoms. The van der Waals surface area contributed by atoms with Crippen LogP contribution in [0.4, 0.5) is 18.9 Å². The highest BCUT2D eigenvalue weighted by Gasteiger charge is 2.39. The molecule has 0 aromatic heterocycles. The smallest absolute Gasteiger partial charge is 0.304 e. The second-order valence-corrected chi connectivity index (χ2v) is 4.63. The molecule has 0 aliphatic carbocycles. The van der Waals surface area contributed by atoms with E-state index in [1.54, 1.807) is 19.9 Å². The first-order valence-electron chi connectivity index (χ1n) is 5.75. The minimum Gasteiger partial charge on any atom is -0.304 e. The summed E-state index contributed by atoms with van der Waals surface area (Å²) in [6.07, 6.45) is -5.48. The topological polar surface area (TPSA) is 37.4 Å². The fourth-order valence-corrected chi connectivity index (χ4v) is 2.28. The van der Waals surface area contributed by atoms with Crippen molar-refractivity contribution in [2.24, 2.45) is 0 Å². The quantitative estimate of drug-likeness (QED) is 0.776. The standard InChI is InChI=1S/C13H12F3NO2/c1-7-5-8(2)10-9(6-7)11(18)12(19)17(10)4-3-13(14,15)16/h5-6H,3-4H2,1-2H3. The van der Waals surface area contributed by atoms with Gasteiger partial charge in [-0.25, -0.2) is 0 Å². The first-order chi connectivity index (χ1) is 8.70. The molecule has 1 aliphatic heterocycles. The summed E-state index contributed by atoms with van der Waals surface area (Å²) in [5.74, 6) is -1.61. The van der Waals surface area contributed by atoms with Gasteiger partial charge in [-0.1, -0.05) is 6.07 Å². The second kappa shape index (κ2) is 4.36. The van der Waals surface area contributed by atoms with E-state index in [1.165, 1.54) is 6.07 Å². The zero-order chi connectivity index (χ0) is 14.4. The molecule has 1 heterocycles. The average Bonchev–Trinajstić information content (AvgIpc) is 2.50. The summed E-state index contributed by atoms with van der Waals surface area (Å²) < 4.78 is 36.8. The normalized spacial score (nSPS) is 15.1.